The van der Waals surface area contributed by atoms with E-state index in [1.165, 1.54) is 25.2 Å². The molecule has 1 N–H and O–H groups in total. The Balaban J connectivity index is 1.54. The number of aromatic nitrogens is 2. The summed E-state index contributed by atoms with van der Waals surface area (Å²) in [6, 6.07) is 7.74. The fourth-order valence-corrected chi connectivity index (χ4v) is 4.12. The summed E-state index contributed by atoms with van der Waals surface area (Å²) in [6.45, 7) is 6.28. The van der Waals surface area contributed by atoms with Crippen molar-refractivity contribution in [1.29, 1.82) is 0 Å². The summed E-state index contributed by atoms with van der Waals surface area (Å²) in [6.07, 6.45) is -0.995. The molecule has 3 rings (SSSR count). The average molecular weight is 414 g/mol. The largest absolute Gasteiger partial charge is 0.452 e. The molecule has 29 heavy (non-hydrogen) atoms. The van der Waals surface area contributed by atoms with Gasteiger partial charge in [0.05, 0.1) is 22.5 Å². The third-order valence-corrected chi connectivity index (χ3v) is 5.51. The number of aryl methyl sites for hydroxylation is 1. The Kier molecular flexibility index (Phi) is 6.24. The van der Waals surface area contributed by atoms with Crippen LogP contribution < -0.4 is 0 Å². The van der Waals surface area contributed by atoms with Crippen molar-refractivity contribution < 1.29 is 23.9 Å². The summed E-state index contributed by atoms with van der Waals surface area (Å²) < 4.78 is 11.6. The van der Waals surface area contributed by atoms with Gasteiger partial charge in [0, 0.05) is 11.3 Å². The fourth-order valence-electron chi connectivity index (χ4n) is 3.22. The zero-order chi connectivity index (χ0) is 21.1. The number of nitrogens with zero attached hydrogens (tertiary/aromatic N) is 1. The van der Waals surface area contributed by atoms with Crippen LogP contribution in [0.15, 0.2) is 24.3 Å². The highest BCUT2D eigenvalue weighted by atomic mass is 32.1. The van der Waals surface area contributed by atoms with Crippen molar-refractivity contribution in [3.63, 3.8) is 0 Å². The normalized spacial score (nSPS) is 12.1. The van der Waals surface area contributed by atoms with Crippen LogP contribution in [0.25, 0.3) is 10.2 Å². The van der Waals surface area contributed by atoms with Gasteiger partial charge >= 0.3 is 5.97 Å². The number of nitrogens with one attached hydrogen (secondary N) is 1. The number of ketones is 2. The summed E-state index contributed by atoms with van der Waals surface area (Å²) in [4.78, 5) is 43.7. The number of hydrogen-bond donors (Lipinski definition) is 1. The first kappa shape index (κ1) is 20.9. The van der Waals surface area contributed by atoms with Gasteiger partial charge in [-0.1, -0.05) is 12.1 Å². The zero-order valence-electron chi connectivity index (χ0n) is 16.7. The lowest BCUT2D eigenvalue weighted by molar-refractivity contribution is -0.152. The van der Waals surface area contributed by atoms with Crippen LogP contribution in [0.1, 0.15) is 51.0 Å². The molecule has 1 aromatic carbocycles. The summed E-state index contributed by atoms with van der Waals surface area (Å²) in [5.41, 5.74) is 2.85. The van der Waals surface area contributed by atoms with Gasteiger partial charge in [0.1, 0.15) is 11.6 Å². The number of para-hydroxylation sites is 1. The standard InChI is InChI=1S/C21H22N2O5S/c1-11-19(13(3)24)12(2)22-20(11)21(26)14(4)28-18(25)10-27-9-17-23-15-7-5-6-8-16(15)29-17/h5-8,14,22H,9-10H2,1-4H3/t14-/m0/s1. The second-order valence-electron chi connectivity index (χ2n) is 6.75. The Morgan fingerprint density at radius 1 is 1.21 bits per heavy atom. The first-order valence-corrected chi connectivity index (χ1v) is 9.95. The van der Waals surface area contributed by atoms with Crippen LogP contribution in [0.5, 0.6) is 0 Å². The predicted molar refractivity (Wildman–Crippen MR) is 109 cm³/mol. The van der Waals surface area contributed by atoms with Crippen LogP contribution >= 0.6 is 11.3 Å². The lowest BCUT2D eigenvalue weighted by Gasteiger charge is -2.12. The molecule has 8 heteroatoms. The minimum atomic E-state index is -0.995. The van der Waals surface area contributed by atoms with Crippen molar-refractivity contribution in [1.82, 2.24) is 9.97 Å². The van der Waals surface area contributed by atoms with Crippen LogP contribution in [-0.4, -0.2) is 40.2 Å². The van der Waals surface area contributed by atoms with Crippen molar-refractivity contribution in [2.45, 2.75) is 40.4 Å². The van der Waals surface area contributed by atoms with E-state index < -0.39 is 17.9 Å². The van der Waals surface area contributed by atoms with Crippen molar-refractivity contribution in [2.75, 3.05) is 6.61 Å². The van der Waals surface area contributed by atoms with Crippen molar-refractivity contribution in [3.8, 4) is 0 Å². The van der Waals surface area contributed by atoms with Crippen LogP contribution in [0.3, 0.4) is 0 Å². The van der Waals surface area contributed by atoms with E-state index in [1.54, 1.807) is 13.8 Å². The Hall–Kier alpha value is -2.84. The monoisotopic (exact) mass is 414 g/mol. The molecule has 0 spiro atoms. The van der Waals surface area contributed by atoms with Gasteiger partial charge in [0.2, 0.25) is 5.78 Å². The zero-order valence-corrected chi connectivity index (χ0v) is 17.5. The first-order valence-electron chi connectivity index (χ1n) is 9.14. The third-order valence-electron chi connectivity index (χ3n) is 4.50. The van der Waals surface area contributed by atoms with E-state index in [2.05, 4.69) is 9.97 Å². The number of thiazole rings is 1. The van der Waals surface area contributed by atoms with E-state index in [4.69, 9.17) is 9.47 Å². The van der Waals surface area contributed by atoms with E-state index >= 15 is 0 Å². The number of H-pyrrole nitrogens is 1. The maximum absolute atomic E-state index is 12.6. The van der Waals surface area contributed by atoms with Gasteiger partial charge in [0.25, 0.3) is 0 Å². The van der Waals surface area contributed by atoms with E-state index in [0.717, 1.165) is 15.2 Å². The van der Waals surface area contributed by atoms with Gasteiger partial charge in [-0.25, -0.2) is 9.78 Å². The molecule has 152 valence electrons. The van der Waals surface area contributed by atoms with E-state index in [0.29, 0.717) is 16.8 Å². The van der Waals surface area contributed by atoms with Gasteiger partial charge in [-0.3, -0.25) is 9.59 Å². The van der Waals surface area contributed by atoms with Gasteiger partial charge in [-0.15, -0.1) is 11.3 Å². The number of rotatable bonds is 8. The number of ether oxygens (including phenoxy) is 2. The lowest BCUT2D eigenvalue weighted by Crippen LogP contribution is -2.27. The van der Waals surface area contributed by atoms with Crippen LogP contribution in [0.2, 0.25) is 0 Å². The SMILES string of the molecule is CC(=O)c1c(C)[nH]c(C(=O)[C@H](C)OC(=O)COCc2nc3ccccc3s2)c1C. The third kappa shape index (κ3) is 4.60. The highest BCUT2D eigenvalue weighted by Crippen LogP contribution is 2.22. The highest BCUT2D eigenvalue weighted by molar-refractivity contribution is 7.18. The van der Waals surface area contributed by atoms with E-state index in [1.807, 2.05) is 24.3 Å². The molecule has 2 aromatic heterocycles. The van der Waals surface area contributed by atoms with E-state index in [-0.39, 0.29) is 24.7 Å². The smallest absolute Gasteiger partial charge is 0.332 e. The number of hydrogen-bond acceptors (Lipinski definition) is 7. The number of benzene rings is 1. The quantitative estimate of drug-likeness (QED) is 0.445. The maximum atomic E-state index is 12.6. The number of Topliss-reactive ketones (excluding diaryl/α,β-unsaturated/α-hetero) is 2. The minimum Gasteiger partial charge on any atom is -0.452 e. The molecule has 0 saturated carbocycles. The summed E-state index contributed by atoms with van der Waals surface area (Å²) >= 11 is 1.50. The number of esters is 1. The molecule has 3 aromatic rings. The molecule has 1 atom stereocenters. The molecule has 0 aliphatic heterocycles. The molecular formula is C21H22N2O5S. The first-order chi connectivity index (χ1) is 13.8. The second kappa shape index (κ2) is 8.67. The van der Waals surface area contributed by atoms with Crippen molar-refractivity contribution >= 4 is 39.1 Å². The van der Waals surface area contributed by atoms with Gasteiger partial charge in [-0.2, -0.15) is 0 Å². The lowest BCUT2D eigenvalue weighted by atomic mass is 10.0. The van der Waals surface area contributed by atoms with Crippen LogP contribution in [0.4, 0.5) is 0 Å². The predicted octanol–water partition coefficient (Wildman–Crippen LogP) is 3.78. The van der Waals surface area contributed by atoms with Crippen molar-refractivity contribution in [2.24, 2.45) is 0 Å². The molecular weight excluding hydrogens is 392 g/mol. The Morgan fingerprint density at radius 3 is 2.59 bits per heavy atom. The number of carbonyl (C=O) groups is 3. The molecule has 0 amide bonds. The Morgan fingerprint density at radius 2 is 1.93 bits per heavy atom. The average Bonchev–Trinajstić information content (AvgIpc) is 3.20. The molecule has 0 bridgehead atoms. The van der Waals surface area contributed by atoms with E-state index in [9.17, 15) is 14.4 Å². The molecule has 0 unspecified atom stereocenters. The fraction of sp³-hybridized carbons (Fsp3) is 0.333. The van der Waals surface area contributed by atoms with Gasteiger partial charge in [-0.05, 0) is 45.4 Å². The maximum Gasteiger partial charge on any atom is 0.332 e. The highest BCUT2D eigenvalue weighted by Gasteiger charge is 2.26. The summed E-state index contributed by atoms with van der Waals surface area (Å²) in [5, 5.41) is 0.761. The Bertz CT molecular complexity index is 1050. The molecule has 0 radical (unpaired) electrons. The molecule has 0 aliphatic carbocycles. The van der Waals surface area contributed by atoms with Gasteiger partial charge < -0.3 is 14.5 Å². The number of carbonyl (C=O) groups excluding carboxylic acids is 3. The summed E-state index contributed by atoms with van der Waals surface area (Å²) in [5.74, 6) is -1.15. The van der Waals surface area contributed by atoms with Crippen LogP contribution in [0, 0.1) is 13.8 Å². The molecule has 0 aliphatic rings. The molecule has 7 nitrogen and oxygen atoms in total. The molecule has 0 fully saturated rings. The molecule has 2 heterocycles. The number of fused-ring (bicyclic) bond motifs is 1. The number of aromatic amines is 1. The topological polar surface area (TPSA) is 98.3 Å². The van der Waals surface area contributed by atoms with Gasteiger partial charge in [0.15, 0.2) is 11.9 Å². The van der Waals surface area contributed by atoms with Crippen LogP contribution in [-0.2, 0) is 20.9 Å². The summed E-state index contributed by atoms with van der Waals surface area (Å²) in [7, 11) is 0. The van der Waals surface area contributed by atoms with Crippen molar-refractivity contribution in [3.05, 3.63) is 51.8 Å². The minimum absolute atomic E-state index is 0.122. The molecule has 0 saturated heterocycles. The Labute approximate surface area is 172 Å². The second-order valence-corrected chi connectivity index (χ2v) is 7.86.